The molecule has 0 saturated heterocycles. The molecule has 2 N–H and O–H groups in total. The zero-order valence-electron chi connectivity index (χ0n) is 11.9. The van der Waals surface area contributed by atoms with E-state index in [1.54, 1.807) is 0 Å². The molecule has 0 spiro atoms. The number of aryl methyl sites for hydroxylation is 1. The Labute approximate surface area is 125 Å². The van der Waals surface area contributed by atoms with Crippen LogP contribution in [-0.4, -0.2) is 6.04 Å². The summed E-state index contributed by atoms with van der Waals surface area (Å²) in [5.74, 6) is 0.815. The molecular weight excluding hydrogens is 270 g/mol. The number of hydrogen-bond donors (Lipinski definition) is 1. The van der Waals surface area contributed by atoms with E-state index >= 15 is 0 Å². The molecule has 1 atom stereocenters. The smallest absolute Gasteiger partial charge is 0.124 e. The Morgan fingerprint density at radius 2 is 1.85 bits per heavy atom. The van der Waals surface area contributed by atoms with Crippen LogP contribution in [0, 0.1) is 6.92 Å². The first-order chi connectivity index (χ1) is 9.56. The molecule has 0 heterocycles. The summed E-state index contributed by atoms with van der Waals surface area (Å²) in [5, 5.41) is 0.712. The van der Waals surface area contributed by atoms with E-state index in [4.69, 9.17) is 22.1 Å². The Balaban J connectivity index is 2.12. The van der Waals surface area contributed by atoms with Crippen LogP contribution in [0.2, 0.25) is 5.02 Å². The van der Waals surface area contributed by atoms with Gasteiger partial charge in [0.15, 0.2) is 0 Å². The third kappa shape index (κ3) is 3.99. The first-order valence-corrected chi connectivity index (χ1v) is 7.15. The second kappa shape index (κ2) is 6.78. The highest BCUT2D eigenvalue weighted by molar-refractivity contribution is 6.31. The third-order valence-corrected chi connectivity index (χ3v) is 3.47. The maximum atomic E-state index is 6.24. The van der Waals surface area contributed by atoms with Crippen molar-refractivity contribution in [3.05, 3.63) is 64.2 Å². The summed E-state index contributed by atoms with van der Waals surface area (Å²) in [6.07, 6.45) is 0.711. The summed E-state index contributed by atoms with van der Waals surface area (Å²) < 4.78 is 5.90. The number of ether oxygens (including phenoxy) is 1. The van der Waals surface area contributed by atoms with Crippen molar-refractivity contribution in [2.24, 2.45) is 5.73 Å². The molecule has 1 unspecified atom stereocenters. The quantitative estimate of drug-likeness (QED) is 0.899. The lowest BCUT2D eigenvalue weighted by Gasteiger charge is -2.14. The van der Waals surface area contributed by atoms with Crippen LogP contribution in [-0.2, 0) is 13.0 Å². The van der Waals surface area contributed by atoms with Gasteiger partial charge >= 0.3 is 0 Å². The van der Waals surface area contributed by atoms with Crippen LogP contribution in [0.5, 0.6) is 5.75 Å². The number of benzene rings is 2. The Kier molecular flexibility index (Phi) is 5.05. The van der Waals surface area contributed by atoms with Gasteiger partial charge in [0.2, 0.25) is 0 Å². The molecule has 0 bridgehead atoms. The molecule has 2 aromatic rings. The fourth-order valence-corrected chi connectivity index (χ4v) is 2.28. The molecule has 2 rings (SSSR count). The van der Waals surface area contributed by atoms with Gasteiger partial charge in [0.25, 0.3) is 0 Å². The summed E-state index contributed by atoms with van der Waals surface area (Å²) in [6.45, 7) is 4.57. The van der Waals surface area contributed by atoms with Gasteiger partial charge in [-0.2, -0.15) is 0 Å². The zero-order chi connectivity index (χ0) is 14.5. The molecule has 0 fully saturated rings. The summed E-state index contributed by atoms with van der Waals surface area (Å²) in [7, 11) is 0. The highest BCUT2D eigenvalue weighted by atomic mass is 35.5. The van der Waals surface area contributed by atoms with Crippen molar-refractivity contribution in [1.29, 1.82) is 0 Å². The number of halogens is 1. The minimum atomic E-state index is 0.0524. The van der Waals surface area contributed by atoms with Gasteiger partial charge in [-0.3, -0.25) is 0 Å². The molecular formula is C17H20ClNO. The first kappa shape index (κ1) is 14.9. The van der Waals surface area contributed by atoms with Crippen LogP contribution in [0.4, 0.5) is 0 Å². The lowest BCUT2D eigenvalue weighted by molar-refractivity contribution is 0.302. The van der Waals surface area contributed by atoms with Crippen LogP contribution in [0.3, 0.4) is 0 Å². The van der Waals surface area contributed by atoms with Crippen molar-refractivity contribution in [1.82, 2.24) is 0 Å². The first-order valence-electron chi connectivity index (χ1n) is 6.77. The van der Waals surface area contributed by atoms with Crippen LogP contribution in [0.1, 0.15) is 23.6 Å². The molecule has 2 aromatic carbocycles. The fourth-order valence-electron chi connectivity index (χ4n) is 2.04. The number of nitrogens with two attached hydrogens (primary N) is 1. The van der Waals surface area contributed by atoms with Gasteiger partial charge in [0, 0.05) is 16.6 Å². The summed E-state index contributed by atoms with van der Waals surface area (Å²) in [6, 6.07) is 14.1. The van der Waals surface area contributed by atoms with Gasteiger partial charge in [-0.1, -0.05) is 47.5 Å². The second-order valence-electron chi connectivity index (χ2n) is 5.17. The van der Waals surface area contributed by atoms with Gasteiger partial charge in [-0.15, -0.1) is 0 Å². The molecule has 0 aromatic heterocycles. The van der Waals surface area contributed by atoms with Crippen LogP contribution < -0.4 is 10.5 Å². The zero-order valence-corrected chi connectivity index (χ0v) is 12.7. The molecule has 0 aliphatic heterocycles. The van der Waals surface area contributed by atoms with Crippen molar-refractivity contribution in [2.45, 2.75) is 32.9 Å². The molecule has 3 heteroatoms. The van der Waals surface area contributed by atoms with Crippen molar-refractivity contribution in [3.8, 4) is 5.75 Å². The van der Waals surface area contributed by atoms with E-state index in [2.05, 4.69) is 31.2 Å². The highest BCUT2D eigenvalue weighted by Crippen LogP contribution is 2.28. The van der Waals surface area contributed by atoms with E-state index in [9.17, 15) is 0 Å². The maximum Gasteiger partial charge on any atom is 0.124 e. The van der Waals surface area contributed by atoms with Gasteiger partial charge in [0.1, 0.15) is 12.4 Å². The van der Waals surface area contributed by atoms with Crippen LogP contribution in [0.15, 0.2) is 42.5 Å². The molecule has 20 heavy (non-hydrogen) atoms. The van der Waals surface area contributed by atoms with E-state index < -0.39 is 0 Å². The van der Waals surface area contributed by atoms with E-state index in [0.29, 0.717) is 18.1 Å². The Bertz CT molecular complexity index is 564. The normalized spacial score (nSPS) is 12.2. The average Bonchev–Trinajstić information content (AvgIpc) is 2.41. The Morgan fingerprint density at radius 1 is 1.15 bits per heavy atom. The Morgan fingerprint density at radius 3 is 2.50 bits per heavy atom. The topological polar surface area (TPSA) is 35.2 Å². The highest BCUT2D eigenvalue weighted by Gasteiger charge is 2.10. The van der Waals surface area contributed by atoms with Crippen molar-refractivity contribution < 1.29 is 4.74 Å². The summed E-state index contributed by atoms with van der Waals surface area (Å²) >= 11 is 6.24. The fraction of sp³-hybridized carbons (Fsp3) is 0.294. The average molecular weight is 290 g/mol. The van der Waals surface area contributed by atoms with Crippen LogP contribution in [0.25, 0.3) is 0 Å². The SMILES string of the molecule is Cc1ccc(COc2cccc(Cl)c2CC(C)N)cc1. The predicted octanol–water partition coefficient (Wildman–Crippen LogP) is 4.12. The van der Waals surface area contributed by atoms with E-state index in [1.165, 1.54) is 5.56 Å². The van der Waals surface area contributed by atoms with Gasteiger partial charge in [0.05, 0.1) is 0 Å². The second-order valence-corrected chi connectivity index (χ2v) is 5.58. The monoisotopic (exact) mass is 289 g/mol. The third-order valence-electron chi connectivity index (χ3n) is 3.12. The van der Waals surface area contributed by atoms with Crippen LogP contribution >= 0.6 is 11.6 Å². The largest absolute Gasteiger partial charge is 0.489 e. The lowest BCUT2D eigenvalue weighted by Crippen LogP contribution is -2.18. The summed E-state index contributed by atoms with van der Waals surface area (Å²) in [4.78, 5) is 0. The molecule has 0 radical (unpaired) electrons. The number of hydrogen-bond acceptors (Lipinski definition) is 2. The minimum Gasteiger partial charge on any atom is -0.489 e. The molecule has 0 amide bonds. The van der Waals surface area contributed by atoms with Crippen molar-refractivity contribution in [2.75, 3.05) is 0 Å². The summed E-state index contributed by atoms with van der Waals surface area (Å²) in [5.41, 5.74) is 9.24. The predicted molar refractivity (Wildman–Crippen MR) is 84.3 cm³/mol. The van der Waals surface area contributed by atoms with Gasteiger partial charge in [-0.05, 0) is 38.0 Å². The molecule has 0 aliphatic rings. The van der Waals surface area contributed by atoms with Gasteiger partial charge < -0.3 is 10.5 Å². The van der Waals surface area contributed by atoms with E-state index in [0.717, 1.165) is 16.9 Å². The maximum absolute atomic E-state index is 6.24. The minimum absolute atomic E-state index is 0.0524. The van der Waals surface area contributed by atoms with E-state index in [1.807, 2.05) is 25.1 Å². The number of rotatable bonds is 5. The van der Waals surface area contributed by atoms with E-state index in [-0.39, 0.29) is 6.04 Å². The molecule has 2 nitrogen and oxygen atoms in total. The van der Waals surface area contributed by atoms with Gasteiger partial charge in [-0.25, -0.2) is 0 Å². The molecule has 0 saturated carbocycles. The lowest BCUT2D eigenvalue weighted by atomic mass is 10.1. The van der Waals surface area contributed by atoms with Crippen molar-refractivity contribution >= 4 is 11.6 Å². The molecule has 106 valence electrons. The standard InChI is InChI=1S/C17H20ClNO/c1-12-6-8-14(9-7-12)11-20-17-5-3-4-16(18)15(17)10-13(2)19/h3-9,13H,10-11,19H2,1-2H3. The Hall–Kier alpha value is -1.51. The molecule has 0 aliphatic carbocycles. The van der Waals surface area contributed by atoms with Crippen molar-refractivity contribution in [3.63, 3.8) is 0 Å².